The molecule has 0 aliphatic heterocycles. The minimum atomic E-state index is 0.147. The first-order valence-electron chi connectivity index (χ1n) is 37.3. The van der Waals surface area contributed by atoms with Gasteiger partial charge in [-0.3, -0.25) is 0 Å². The van der Waals surface area contributed by atoms with Crippen LogP contribution in [0.2, 0.25) is 0 Å². The summed E-state index contributed by atoms with van der Waals surface area (Å²) < 4.78 is 4.51. The lowest BCUT2D eigenvalue weighted by molar-refractivity contribution is 0.881. The fourth-order valence-corrected chi connectivity index (χ4v) is 14.7. The molecule has 0 N–H and O–H groups in total. The van der Waals surface area contributed by atoms with Gasteiger partial charge < -0.3 is 9.13 Å². The molecule has 18 heteroatoms. The summed E-state index contributed by atoms with van der Waals surface area (Å²) in [7, 11) is 0. The molecule has 7 aromatic heterocycles. The minimum absolute atomic E-state index is 0.147. The quantitative estimate of drug-likeness (QED) is 0.0825. The minimum Gasteiger partial charge on any atom is -0.310 e. The number of fused-ring (bicyclic) bond motifs is 4. The van der Waals surface area contributed by atoms with Gasteiger partial charge in [-0.1, -0.05) is 291 Å². The van der Waals surface area contributed by atoms with Crippen LogP contribution in [-0.4, -0.2) is 83.9 Å². The van der Waals surface area contributed by atoms with Gasteiger partial charge in [0.15, 0.2) is 69.9 Å². The average molecular weight is 1470 g/mol. The van der Waals surface area contributed by atoms with Crippen molar-refractivity contribution in [1.29, 1.82) is 5.26 Å². The molecule has 0 saturated carbocycles. The van der Waals surface area contributed by atoms with E-state index in [0.717, 1.165) is 88.5 Å². The van der Waals surface area contributed by atoms with Gasteiger partial charge in [-0.2, -0.15) is 5.26 Å². The first-order valence-corrected chi connectivity index (χ1v) is 37.3. The van der Waals surface area contributed by atoms with Crippen LogP contribution < -0.4 is 0 Å². The van der Waals surface area contributed by atoms with Gasteiger partial charge in [0.25, 0.3) is 0 Å². The Labute approximate surface area is 655 Å². The van der Waals surface area contributed by atoms with Crippen LogP contribution in [0.3, 0.4) is 0 Å². The Balaban J connectivity index is 0.951. The van der Waals surface area contributed by atoms with E-state index in [9.17, 15) is 5.26 Å². The molecular weight excluding hydrogens is 1410 g/mol. The summed E-state index contributed by atoms with van der Waals surface area (Å²) in [5, 5.41) is 14.7. The van der Waals surface area contributed by atoms with Gasteiger partial charge in [0.05, 0.1) is 39.6 Å². The van der Waals surface area contributed by atoms with E-state index in [2.05, 4.69) is 86.9 Å². The van der Waals surface area contributed by atoms with Crippen molar-refractivity contribution in [3.8, 4) is 154 Å². The maximum Gasteiger partial charge on any atom is 0.164 e. The fourth-order valence-electron chi connectivity index (χ4n) is 14.7. The van der Waals surface area contributed by atoms with Crippen molar-refractivity contribution in [2.45, 2.75) is 27.2 Å². The number of nitrogens with zero attached hydrogens (tertiary/aromatic N) is 18. The second-order valence-corrected chi connectivity index (χ2v) is 27.4. The Morgan fingerprint density at radius 3 is 0.868 bits per heavy atom. The molecule has 0 spiro atoms. The third-order valence-electron chi connectivity index (χ3n) is 20.0. The Morgan fingerprint density at radius 2 is 0.561 bits per heavy atom. The predicted molar refractivity (Wildman–Crippen MR) is 448 cm³/mol. The van der Waals surface area contributed by atoms with Crippen LogP contribution in [0.4, 0.5) is 0 Å². The highest BCUT2D eigenvalue weighted by atomic mass is 15.1. The van der Waals surface area contributed by atoms with Crippen LogP contribution in [0.25, 0.3) is 187 Å². The summed E-state index contributed by atoms with van der Waals surface area (Å²) in [6.07, 6.45) is 4.34. The summed E-state index contributed by atoms with van der Waals surface area (Å²) in [6.45, 7) is 5.69. The van der Waals surface area contributed by atoms with E-state index < -0.39 is 0 Å². The van der Waals surface area contributed by atoms with Crippen molar-refractivity contribution in [2.75, 3.05) is 0 Å². The van der Waals surface area contributed by atoms with Crippen molar-refractivity contribution in [2.24, 2.45) is 0 Å². The lowest BCUT2D eigenvalue weighted by Gasteiger charge is -2.21. The molecule has 19 rings (SSSR count). The van der Waals surface area contributed by atoms with E-state index in [1.165, 1.54) is 0 Å². The molecule has 0 radical (unpaired) electrons. The first kappa shape index (κ1) is 68.8. The lowest BCUT2D eigenvalue weighted by atomic mass is 10.0. The molecule has 0 atom stereocenters. The standard InChI is InChI=1S/C96H64N18/c1-4-29-73-74-49-46-69(93-107-87(63-34-17-7-18-35-63)104-88(108-93)64-36-19-8-20-37-64)52-78(74)114(81(73)57-84-101-85(61-30-13-5-14-31-61)103-86(102-84)62-32-15-6-16-33-62)83-56-77(96-99-59(2)98-60(3)100-96)72(58-97)55-82(83)113-79-53-70(94-109-89(65-38-21-9-22-39-65)105-90(110-94)66-40-23-10-24-41-66)47-50-75(79)76-51-48-71(54-80(76)113)95-111-91(67-42-25-11-26-43-67)106-92(112-95)68-44-27-12-28-45-68/h4-56H,57H2,1-3H3/b29-4-. The molecule has 0 amide bonds. The molecule has 0 saturated heterocycles. The highest BCUT2D eigenvalue weighted by Crippen LogP contribution is 2.44. The molecule has 18 nitrogen and oxygen atoms in total. The normalized spacial score (nSPS) is 11.5. The second kappa shape index (κ2) is 29.7. The number of aryl methyl sites for hydroxylation is 2. The van der Waals surface area contributed by atoms with E-state index in [1.54, 1.807) is 0 Å². The third kappa shape index (κ3) is 13.3. The van der Waals surface area contributed by atoms with Gasteiger partial charge in [-0.25, -0.2) is 74.8 Å². The number of aromatic nitrogens is 17. The summed E-state index contributed by atoms with van der Waals surface area (Å²) in [4.78, 5) is 78.1. The van der Waals surface area contributed by atoms with E-state index in [0.29, 0.717) is 121 Å². The monoisotopic (exact) mass is 1470 g/mol. The largest absolute Gasteiger partial charge is 0.310 e. The van der Waals surface area contributed by atoms with E-state index in [4.69, 9.17) is 69.8 Å². The molecule has 19 aromatic rings. The van der Waals surface area contributed by atoms with Crippen LogP contribution in [0.1, 0.15) is 41.2 Å². The van der Waals surface area contributed by atoms with Crippen molar-refractivity contribution in [3.05, 3.63) is 350 Å². The van der Waals surface area contributed by atoms with E-state index in [-0.39, 0.29) is 12.0 Å². The van der Waals surface area contributed by atoms with E-state index >= 15 is 0 Å². The van der Waals surface area contributed by atoms with Crippen molar-refractivity contribution >= 4 is 38.8 Å². The van der Waals surface area contributed by atoms with Gasteiger partial charge in [0, 0.05) is 101 Å². The van der Waals surface area contributed by atoms with Crippen molar-refractivity contribution in [3.63, 3.8) is 0 Å². The molecular formula is C96H64N18. The molecule has 114 heavy (non-hydrogen) atoms. The summed E-state index contributed by atoms with van der Waals surface area (Å²) >= 11 is 0. The summed E-state index contributed by atoms with van der Waals surface area (Å²) in [5.41, 5.74) is 14.5. The number of benzene rings is 12. The van der Waals surface area contributed by atoms with Crippen molar-refractivity contribution < 1.29 is 0 Å². The summed E-state index contributed by atoms with van der Waals surface area (Å²) in [6, 6.07) is 105. The van der Waals surface area contributed by atoms with E-state index in [1.807, 2.05) is 276 Å². The molecule has 0 aliphatic carbocycles. The lowest BCUT2D eigenvalue weighted by Crippen LogP contribution is -2.11. The van der Waals surface area contributed by atoms with Crippen LogP contribution in [0.15, 0.2) is 315 Å². The maximum absolute atomic E-state index is 12.1. The van der Waals surface area contributed by atoms with Crippen LogP contribution >= 0.6 is 0 Å². The van der Waals surface area contributed by atoms with Crippen LogP contribution in [0.5, 0.6) is 0 Å². The van der Waals surface area contributed by atoms with Gasteiger partial charge >= 0.3 is 0 Å². The number of hydrogen-bond donors (Lipinski definition) is 0. The molecule has 0 unspecified atom stereocenters. The topological polar surface area (TPSA) is 227 Å². The smallest absolute Gasteiger partial charge is 0.164 e. The zero-order chi connectivity index (χ0) is 76.6. The zero-order valence-corrected chi connectivity index (χ0v) is 61.9. The SMILES string of the molecule is C/C=C\c1c(Cc2nc(-c3ccccc3)nc(-c3ccccc3)n2)n(-c2cc(-c3nc(C)nc(C)n3)c(C#N)cc2-n2c3cc(-c4nc(-c5ccccc5)nc(-c5ccccc5)n4)ccc3c3ccc(-c4nc(-c5ccccc5)nc(-c5ccccc5)n4)cc32)c2cc(-c3nc(-c4ccccc4)nc(-c4ccccc4)n3)ccc12. The summed E-state index contributed by atoms with van der Waals surface area (Å²) in [5.74, 6) is 7.12. The van der Waals surface area contributed by atoms with Gasteiger partial charge in [0.1, 0.15) is 17.5 Å². The third-order valence-corrected chi connectivity index (χ3v) is 20.0. The second-order valence-electron chi connectivity index (χ2n) is 27.4. The highest BCUT2D eigenvalue weighted by Gasteiger charge is 2.29. The van der Waals surface area contributed by atoms with Gasteiger partial charge in [-0.15, -0.1) is 0 Å². The average Bonchev–Trinajstić information content (AvgIpc) is 1.55. The maximum atomic E-state index is 12.1. The first-order chi connectivity index (χ1) is 56.2. The number of hydrogen-bond acceptors (Lipinski definition) is 16. The Bertz CT molecular complexity index is 6520. The zero-order valence-electron chi connectivity index (χ0n) is 61.9. The molecule has 538 valence electrons. The highest BCUT2D eigenvalue weighted by molar-refractivity contribution is 6.12. The van der Waals surface area contributed by atoms with Gasteiger partial charge in [0.2, 0.25) is 0 Å². The Kier molecular flexibility index (Phi) is 17.9. The van der Waals surface area contributed by atoms with Crippen LogP contribution in [-0.2, 0) is 6.42 Å². The molecule has 0 bridgehead atoms. The molecule has 0 fully saturated rings. The molecule has 12 aromatic carbocycles. The Morgan fingerprint density at radius 1 is 0.281 bits per heavy atom. The van der Waals surface area contributed by atoms with Crippen molar-refractivity contribution in [1.82, 2.24) is 83.9 Å². The molecule has 7 heterocycles. The number of nitriles is 1. The Hall–Kier alpha value is -15.7. The van der Waals surface area contributed by atoms with Crippen LogP contribution in [0, 0.1) is 25.2 Å². The number of allylic oxidation sites excluding steroid dienone is 1. The number of rotatable bonds is 17. The predicted octanol–water partition coefficient (Wildman–Crippen LogP) is 20.8. The molecule has 0 aliphatic rings. The fraction of sp³-hybridized carbons (Fsp3) is 0.0417. The van der Waals surface area contributed by atoms with Gasteiger partial charge in [-0.05, 0) is 51.1 Å².